The number of aryl methyl sites for hydroxylation is 1. The molecule has 0 aliphatic carbocycles. The molecule has 2 aromatic rings. The molecular formula is C16H23N3O. The normalized spacial score (nSPS) is 12.3. The summed E-state index contributed by atoms with van der Waals surface area (Å²) in [6, 6.07) is 10.7. The van der Waals surface area contributed by atoms with Crippen molar-refractivity contribution >= 4 is 5.95 Å². The first-order valence-corrected chi connectivity index (χ1v) is 7.05. The molecule has 4 nitrogen and oxygen atoms in total. The van der Waals surface area contributed by atoms with E-state index in [2.05, 4.69) is 52.3 Å². The maximum atomic E-state index is 5.06. The Labute approximate surface area is 120 Å². The molecule has 108 valence electrons. The predicted octanol–water partition coefficient (Wildman–Crippen LogP) is 3.25. The van der Waals surface area contributed by atoms with Gasteiger partial charge in [0.1, 0.15) is 0 Å². The van der Waals surface area contributed by atoms with Crippen LogP contribution in [0.15, 0.2) is 36.5 Å². The van der Waals surface area contributed by atoms with E-state index in [1.807, 2.05) is 13.0 Å². The average molecular weight is 273 g/mol. The Morgan fingerprint density at radius 2 is 2.05 bits per heavy atom. The molecule has 0 aliphatic heterocycles. The van der Waals surface area contributed by atoms with Crippen LogP contribution in [0, 0.1) is 6.92 Å². The van der Waals surface area contributed by atoms with Crippen molar-refractivity contribution in [3.8, 4) is 0 Å². The summed E-state index contributed by atoms with van der Waals surface area (Å²) in [4.78, 5) is 4.57. The lowest BCUT2D eigenvalue weighted by Gasteiger charge is -2.17. The molecule has 1 unspecified atom stereocenters. The molecule has 2 rings (SSSR count). The number of nitrogens with one attached hydrogen (secondary N) is 1. The van der Waals surface area contributed by atoms with Crippen LogP contribution in [0.5, 0.6) is 0 Å². The van der Waals surface area contributed by atoms with E-state index in [-0.39, 0.29) is 6.04 Å². The van der Waals surface area contributed by atoms with Gasteiger partial charge in [-0.1, -0.05) is 30.3 Å². The lowest BCUT2D eigenvalue weighted by atomic mass is 10.1. The van der Waals surface area contributed by atoms with Gasteiger partial charge in [0, 0.05) is 26.5 Å². The van der Waals surface area contributed by atoms with Crippen molar-refractivity contribution < 1.29 is 4.74 Å². The minimum atomic E-state index is 0.266. The summed E-state index contributed by atoms with van der Waals surface area (Å²) in [5, 5.41) is 3.39. The largest absolute Gasteiger partial charge is 0.385 e. The quantitative estimate of drug-likeness (QED) is 0.787. The van der Waals surface area contributed by atoms with Gasteiger partial charge in [0.2, 0.25) is 5.95 Å². The van der Waals surface area contributed by atoms with Crippen molar-refractivity contribution in [2.24, 2.45) is 0 Å². The Morgan fingerprint density at radius 3 is 2.75 bits per heavy atom. The molecule has 0 fully saturated rings. The van der Waals surface area contributed by atoms with Gasteiger partial charge in [0.25, 0.3) is 0 Å². The number of ether oxygens (including phenoxy) is 1. The summed E-state index contributed by atoms with van der Waals surface area (Å²) in [5.74, 6) is 0.926. The van der Waals surface area contributed by atoms with Gasteiger partial charge in [0.05, 0.1) is 11.7 Å². The van der Waals surface area contributed by atoms with E-state index in [1.165, 1.54) is 5.56 Å². The van der Waals surface area contributed by atoms with Crippen LogP contribution in [-0.4, -0.2) is 29.8 Å². The Morgan fingerprint density at radius 1 is 1.30 bits per heavy atom. The first kappa shape index (κ1) is 14.6. The smallest absolute Gasteiger partial charge is 0.203 e. The second-order valence-electron chi connectivity index (χ2n) is 4.97. The molecule has 1 N–H and O–H groups in total. The molecule has 0 saturated carbocycles. The van der Waals surface area contributed by atoms with E-state index in [0.29, 0.717) is 0 Å². The molecule has 1 aromatic heterocycles. The van der Waals surface area contributed by atoms with Crippen LogP contribution in [0.25, 0.3) is 0 Å². The number of hydrogen-bond acceptors (Lipinski definition) is 3. The third-order valence-electron chi connectivity index (χ3n) is 3.36. The molecule has 1 atom stereocenters. The number of imidazole rings is 1. The maximum absolute atomic E-state index is 5.06. The Hall–Kier alpha value is -1.81. The summed E-state index contributed by atoms with van der Waals surface area (Å²) in [6.07, 6.45) is 3.07. The summed E-state index contributed by atoms with van der Waals surface area (Å²) < 4.78 is 7.26. The number of hydrogen-bond donors (Lipinski definition) is 1. The second kappa shape index (κ2) is 7.10. The Kier molecular flexibility index (Phi) is 5.18. The van der Waals surface area contributed by atoms with E-state index in [0.717, 1.165) is 31.2 Å². The highest BCUT2D eigenvalue weighted by Gasteiger charge is 2.13. The highest BCUT2D eigenvalue weighted by atomic mass is 16.5. The van der Waals surface area contributed by atoms with E-state index in [4.69, 9.17) is 4.74 Å². The van der Waals surface area contributed by atoms with Gasteiger partial charge < -0.3 is 14.6 Å². The Balaban J connectivity index is 2.11. The van der Waals surface area contributed by atoms with Gasteiger partial charge in [-0.2, -0.15) is 0 Å². The lowest BCUT2D eigenvalue weighted by Crippen LogP contribution is -2.13. The van der Waals surface area contributed by atoms with Crippen LogP contribution in [0.3, 0.4) is 0 Å². The third-order valence-corrected chi connectivity index (χ3v) is 3.36. The van der Waals surface area contributed by atoms with E-state index in [9.17, 15) is 0 Å². The molecule has 1 heterocycles. The summed E-state index contributed by atoms with van der Waals surface area (Å²) in [6.45, 7) is 5.85. The van der Waals surface area contributed by atoms with E-state index < -0.39 is 0 Å². The van der Waals surface area contributed by atoms with E-state index >= 15 is 0 Å². The molecule has 1 aromatic carbocycles. The molecule has 0 radical (unpaired) electrons. The fourth-order valence-corrected chi connectivity index (χ4v) is 2.25. The molecule has 0 bridgehead atoms. The van der Waals surface area contributed by atoms with E-state index in [1.54, 1.807) is 7.11 Å². The van der Waals surface area contributed by atoms with Crippen molar-refractivity contribution in [3.05, 3.63) is 47.8 Å². The zero-order valence-corrected chi connectivity index (χ0v) is 12.5. The molecule has 0 spiro atoms. The van der Waals surface area contributed by atoms with Crippen molar-refractivity contribution in [2.75, 3.05) is 25.6 Å². The molecule has 4 heteroatoms. The van der Waals surface area contributed by atoms with Gasteiger partial charge in [-0.25, -0.2) is 4.98 Å². The van der Waals surface area contributed by atoms with Crippen molar-refractivity contribution in [1.82, 2.24) is 9.55 Å². The number of nitrogens with zero attached hydrogens (tertiary/aromatic N) is 2. The fraction of sp³-hybridized carbons (Fsp3) is 0.438. The molecule has 0 aliphatic rings. The van der Waals surface area contributed by atoms with Gasteiger partial charge in [-0.05, 0) is 25.8 Å². The molecular weight excluding hydrogens is 250 g/mol. The number of anilines is 1. The monoisotopic (exact) mass is 273 g/mol. The van der Waals surface area contributed by atoms with Crippen molar-refractivity contribution in [2.45, 2.75) is 26.3 Å². The van der Waals surface area contributed by atoms with Crippen LogP contribution in [0.1, 0.15) is 30.6 Å². The number of benzene rings is 1. The number of aromatic nitrogens is 2. The van der Waals surface area contributed by atoms with Gasteiger partial charge in [0.15, 0.2) is 0 Å². The van der Waals surface area contributed by atoms with Crippen LogP contribution < -0.4 is 5.32 Å². The highest BCUT2D eigenvalue weighted by Crippen LogP contribution is 2.22. The zero-order chi connectivity index (χ0) is 14.4. The van der Waals surface area contributed by atoms with Gasteiger partial charge in [-0.3, -0.25) is 0 Å². The maximum Gasteiger partial charge on any atom is 0.203 e. The zero-order valence-electron chi connectivity index (χ0n) is 12.5. The van der Waals surface area contributed by atoms with Gasteiger partial charge in [-0.15, -0.1) is 0 Å². The second-order valence-corrected chi connectivity index (χ2v) is 4.97. The summed E-state index contributed by atoms with van der Waals surface area (Å²) in [7, 11) is 1.72. The summed E-state index contributed by atoms with van der Waals surface area (Å²) in [5.41, 5.74) is 2.31. The van der Waals surface area contributed by atoms with Gasteiger partial charge >= 0.3 is 0 Å². The summed E-state index contributed by atoms with van der Waals surface area (Å²) >= 11 is 0. The number of methoxy groups -OCH3 is 1. The molecule has 20 heavy (non-hydrogen) atoms. The first-order chi connectivity index (χ1) is 9.72. The topological polar surface area (TPSA) is 39.1 Å². The SMILES string of the molecule is COCCCNc1nc(C)cn1C(C)c1ccccc1. The van der Waals surface area contributed by atoms with Crippen LogP contribution in [-0.2, 0) is 4.74 Å². The Bertz CT molecular complexity index is 522. The highest BCUT2D eigenvalue weighted by molar-refractivity contribution is 5.32. The van der Waals surface area contributed by atoms with Crippen LogP contribution in [0.4, 0.5) is 5.95 Å². The molecule has 0 amide bonds. The standard InChI is InChI=1S/C16H23N3O/c1-13-12-19(14(2)15-8-5-4-6-9-15)16(18-13)17-10-7-11-20-3/h4-6,8-9,12,14H,7,10-11H2,1-3H3,(H,17,18). The molecule has 0 saturated heterocycles. The van der Waals surface area contributed by atoms with Crippen LogP contribution >= 0.6 is 0 Å². The minimum absolute atomic E-state index is 0.266. The average Bonchev–Trinajstić information content (AvgIpc) is 2.85. The predicted molar refractivity (Wildman–Crippen MR) is 82.2 cm³/mol. The first-order valence-electron chi connectivity index (χ1n) is 7.05. The number of rotatable bonds is 7. The van der Waals surface area contributed by atoms with Crippen LogP contribution in [0.2, 0.25) is 0 Å². The minimum Gasteiger partial charge on any atom is -0.385 e. The lowest BCUT2D eigenvalue weighted by molar-refractivity contribution is 0.197. The van der Waals surface area contributed by atoms with Crippen molar-refractivity contribution in [1.29, 1.82) is 0 Å². The van der Waals surface area contributed by atoms with Crippen molar-refractivity contribution in [3.63, 3.8) is 0 Å². The fourth-order valence-electron chi connectivity index (χ4n) is 2.25. The third kappa shape index (κ3) is 3.61.